The highest BCUT2D eigenvalue weighted by Gasteiger charge is 2.30. The largest absolute Gasteiger partial charge is 0.389 e. The molecule has 0 amide bonds. The lowest BCUT2D eigenvalue weighted by Gasteiger charge is -2.17. The van der Waals surface area contributed by atoms with E-state index >= 15 is 0 Å². The van der Waals surface area contributed by atoms with E-state index in [-0.39, 0.29) is 5.95 Å². The summed E-state index contributed by atoms with van der Waals surface area (Å²) in [6.45, 7) is 3.57. The Morgan fingerprint density at radius 3 is 2.67 bits per heavy atom. The molecule has 1 fully saturated rings. The van der Waals surface area contributed by atoms with Crippen molar-refractivity contribution in [3.63, 3.8) is 0 Å². The average molecular weight is 253 g/mol. The summed E-state index contributed by atoms with van der Waals surface area (Å²) in [5.41, 5.74) is 5.65. The molecule has 1 aromatic heterocycles. The third kappa shape index (κ3) is 2.80. The van der Waals surface area contributed by atoms with Gasteiger partial charge in [0, 0.05) is 25.7 Å². The zero-order valence-electron chi connectivity index (χ0n) is 10.4. The van der Waals surface area contributed by atoms with Crippen molar-refractivity contribution < 1.29 is 10.2 Å². The Labute approximate surface area is 106 Å². The van der Waals surface area contributed by atoms with Gasteiger partial charge in [-0.25, -0.2) is 0 Å². The van der Waals surface area contributed by atoms with Gasteiger partial charge in [0.1, 0.15) is 11.6 Å². The van der Waals surface area contributed by atoms with Crippen LogP contribution < -0.4 is 16.0 Å². The first-order valence-corrected chi connectivity index (χ1v) is 6.09. The Morgan fingerprint density at radius 2 is 2.06 bits per heavy atom. The standard InChI is InChI=1S/C11H19N5O2/c1-2-3-13-9-4-10(15-11(12)14-9)16-5-7(17)8(18)6-16/h4,7-8,17-18H,2-3,5-6H2,1H3,(H3,12,13,14,15). The van der Waals surface area contributed by atoms with E-state index < -0.39 is 12.2 Å². The van der Waals surface area contributed by atoms with Crippen LogP contribution in [0.2, 0.25) is 0 Å². The summed E-state index contributed by atoms with van der Waals surface area (Å²) in [6.07, 6.45) is -0.498. The van der Waals surface area contributed by atoms with Gasteiger partial charge in [-0.05, 0) is 6.42 Å². The second-order valence-electron chi connectivity index (χ2n) is 4.44. The third-order valence-electron chi connectivity index (χ3n) is 2.87. The quantitative estimate of drug-likeness (QED) is 0.568. The molecule has 2 rings (SSSR count). The summed E-state index contributed by atoms with van der Waals surface area (Å²) >= 11 is 0. The Hall–Kier alpha value is -1.60. The molecule has 0 bridgehead atoms. The summed E-state index contributed by atoms with van der Waals surface area (Å²) in [5, 5.41) is 22.2. The summed E-state index contributed by atoms with van der Waals surface area (Å²) in [6, 6.07) is 1.77. The fourth-order valence-corrected chi connectivity index (χ4v) is 1.91. The summed E-state index contributed by atoms with van der Waals surface area (Å²) < 4.78 is 0. The Kier molecular flexibility index (Phi) is 3.83. The maximum atomic E-state index is 9.53. The molecule has 1 aliphatic heterocycles. The van der Waals surface area contributed by atoms with Crippen molar-refractivity contribution >= 4 is 17.6 Å². The maximum Gasteiger partial charge on any atom is 0.223 e. The summed E-state index contributed by atoms with van der Waals surface area (Å²) in [7, 11) is 0. The van der Waals surface area contributed by atoms with Crippen LogP contribution in [-0.4, -0.2) is 52.0 Å². The van der Waals surface area contributed by atoms with Crippen molar-refractivity contribution in [1.29, 1.82) is 0 Å². The SMILES string of the molecule is CCCNc1cc(N2CC(O)C(O)C2)nc(N)n1. The predicted molar refractivity (Wildman–Crippen MR) is 69.5 cm³/mol. The lowest BCUT2D eigenvalue weighted by molar-refractivity contribution is 0.0572. The second kappa shape index (κ2) is 5.36. The molecule has 2 heterocycles. The number of nitrogen functional groups attached to an aromatic ring is 1. The average Bonchev–Trinajstić information content (AvgIpc) is 2.66. The van der Waals surface area contributed by atoms with Crippen molar-refractivity contribution in [3.8, 4) is 0 Å². The van der Waals surface area contributed by atoms with Gasteiger partial charge in [0.25, 0.3) is 0 Å². The van der Waals surface area contributed by atoms with Crippen LogP contribution in [0, 0.1) is 0 Å². The molecule has 0 saturated carbocycles. The molecule has 0 aliphatic carbocycles. The highest BCUT2D eigenvalue weighted by molar-refractivity contribution is 5.53. The minimum absolute atomic E-state index is 0.182. The molecule has 0 radical (unpaired) electrons. The number of aromatic nitrogens is 2. The maximum absolute atomic E-state index is 9.53. The summed E-state index contributed by atoms with van der Waals surface area (Å²) in [4.78, 5) is 10.0. The molecule has 1 saturated heterocycles. The molecule has 0 aromatic carbocycles. The van der Waals surface area contributed by atoms with Crippen LogP contribution in [0.15, 0.2) is 6.07 Å². The van der Waals surface area contributed by atoms with Crippen molar-refractivity contribution in [3.05, 3.63) is 6.07 Å². The van der Waals surface area contributed by atoms with E-state index in [1.807, 2.05) is 0 Å². The minimum atomic E-state index is -0.742. The predicted octanol–water partition coefficient (Wildman–Crippen LogP) is -0.577. The first-order valence-electron chi connectivity index (χ1n) is 6.09. The van der Waals surface area contributed by atoms with Gasteiger partial charge in [0.2, 0.25) is 5.95 Å². The van der Waals surface area contributed by atoms with Gasteiger partial charge >= 0.3 is 0 Å². The van der Waals surface area contributed by atoms with Crippen molar-refractivity contribution in [2.75, 3.05) is 35.6 Å². The lowest BCUT2D eigenvalue weighted by Crippen LogP contribution is -2.23. The number of nitrogens with one attached hydrogen (secondary N) is 1. The molecule has 18 heavy (non-hydrogen) atoms. The first-order chi connectivity index (χ1) is 8.60. The highest BCUT2D eigenvalue weighted by atomic mass is 16.3. The fourth-order valence-electron chi connectivity index (χ4n) is 1.91. The minimum Gasteiger partial charge on any atom is -0.389 e. The molecular formula is C11H19N5O2. The van der Waals surface area contributed by atoms with Gasteiger partial charge in [-0.2, -0.15) is 9.97 Å². The van der Waals surface area contributed by atoms with Gasteiger partial charge in [-0.1, -0.05) is 6.92 Å². The number of β-amino-alcohol motifs (C(OH)–C–C–N with tert-alkyl or cyclic N) is 2. The van der Waals surface area contributed by atoms with E-state index in [4.69, 9.17) is 5.73 Å². The zero-order chi connectivity index (χ0) is 13.1. The molecule has 7 nitrogen and oxygen atoms in total. The van der Waals surface area contributed by atoms with Gasteiger partial charge in [0.05, 0.1) is 12.2 Å². The normalized spacial score (nSPS) is 23.4. The Bertz CT molecular complexity index is 404. The number of aliphatic hydroxyl groups excluding tert-OH is 2. The van der Waals surface area contributed by atoms with E-state index in [0.717, 1.165) is 13.0 Å². The van der Waals surface area contributed by atoms with Gasteiger partial charge in [0.15, 0.2) is 0 Å². The van der Waals surface area contributed by atoms with Crippen LogP contribution in [0.4, 0.5) is 17.6 Å². The van der Waals surface area contributed by atoms with Crippen molar-refractivity contribution in [1.82, 2.24) is 9.97 Å². The highest BCUT2D eigenvalue weighted by Crippen LogP contribution is 2.21. The Balaban J connectivity index is 2.15. The van der Waals surface area contributed by atoms with Crippen LogP contribution in [-0.2, 0) is 0 Å². The Morgan fingerprint density at radius 1 is 1.39 bits per heavy atom. The monoisotopic (exact) mass is 253 g/mol. The molecule has 1 aromatic rings. The second-order valence-corrected chi connectivity index (χ2v) is 4.44. The first kappa shape index (κ1) is 12.8. The van der Waals surface area contributed by atoms with Crippen molar-refractivity contribution in [2.24, 2.45) is 0 Å². The topological polar surface area (TPSA) is 108 Å². The number of anilines is 3. The lowest BCUT2D eigenvalue weighted by atomic mass is 10.3. The smallest absolute Gasteiger partial charge is 0.223 e. The fraction of sp³-hybridized carbons (Fsp3) is 0.636. The van der Waals surface area contributed by atoms with Crippen LogP contribution >= 0.6 is 0 Å². The molecular weight excluding hydrogens is 234 g/mol. The van der Waals surface area contributed by atoms with Gasteiger partial charge in [-0.15, -0.1) is 0 Å². The van der Waals surface area contributed by atoms with E-state index in [0.29, 0.717) is 24.7 Å². The van der Waals surface area contributed by atoms with Gasteiger partial charge in [-0.3, -0.25) is 0 Å². The number of nitrogens with zero attached hydrogens (tertiary/aromatic N) is 3. The number of aliphatic hydroxyl groups is 2. The number of rotatable bonds is 4. The van der Waals surface area contributed by atoms with E-state index in [1.54, 1.807) is 11.0 Å². The van der Waals surface area contributed by atoms with Crippen molar-refractivity contribution in [2.45, 2.75) is 25.6 Å². The van der Waals surface area contributed by atoms with E-state index in [9.17, 15) is 10.2 Å². The van der Waals surface area contributed by atoms with E-state index in [2.05, 4.69) is 22.2 Å². The van der Waals surface area contributed by atoms with Crippen LogP contribution in [0.1, 0.15) is 13.3 Å². The molecule has 5 N–H and O–H groups in total. The van der Waals surface area contributed by atoms with Crippen LogP contribution in [0.5, 0.6) is 0 Å². The number of hydrogen-bond acceptors (Lipinski definition) is 7. The molecule has 0 spiro atoms. The molecule has 7 heteroatoms. The van der Waals surface area contributed by atoms with Crippen LogP contribution in [0.3, 0.4) is 0 Å². The van der Waals surface area contributed by atoms with Gasteiger partial charge < -0.3 is 26.2 Å². The molecule has 2 unspecified atom stereocenters. The summed E-state index contributed by atoms with van der Waals surface area (Å²) in [5.74, 6) is 1.47. The zero-order valence-corrected chi connectivity index (χ0v) is 10.4. The number of hydrogen-bond donors (Lipinski definition) is 4. The van der Waals surface area contributed by atoms with E-state index in [1.165, 1.54) is 0 Å². The molecule has 1 aliphatic rings. The van der Waals surface area contributed by atoms with Crippen LogP contribution in [0.25, 0.3) is 0 Å². The number of nitrogens with two attached hydrogens (primary N) is 1. The third-order valence-corrected chi connectivity index (χ3v) is 2.87. The molecule has 100 valence electrons. The molecule has 2 atom stereocenters.